The summed E-state index contributed by atoms with van der Waals surface area (Å²) in [6.07, 6.45) is 2.36. The molecule has 1 aromatic carbocycles. The molecular formula is C18H16ClN3O2S. The zero-order valence-corrected chi connectivity index (χ0v) is 15.2. The van der Waals surface area contributed by atoms with Gasteiger partial charge >= 0.3 is 0 Å². The summed E-state index contributed by atoms with van der Waals surface area (Å²) in [5.74, 6) is 0. The van der Waals surface area contributed by atoms with E-state index in [1.54, 1.807) is 30.3 Å². The Morgan fingerprint density at radius 2 is 2.00 bits per heavy atom. The third kappa shape index (κ3) is 4.80. The highest BCUT2D eigenvalue weighted by Crippen LogP contribution is 2.09. The standard InChI is InChI=1S/C18H16ClN3O2S/c1-2-24-9-3-8-22-17(23)16(25-18(22)14(11-20)12-21)10-13-4-6-15(19)7-5-13/h4-7,10H,2-3,8-9H2,1H3/b16-10+. The van der Waals surface area contributed by atoms with Gasteiger partial charge in [-0.1, -0.05) is 23.7 Å². The molecule has 0 N–H and O–H groups in total. The minimum absolute atomic E-state index is 0.0609. The normalized spacial score (nSPS) is 11.1. The lowest BCUT2D eigenvalue weighted by atomic mass is 10.2. The van der Waals surface area contributed by atoms with E-state index in [0.717, 1.165) is 16.9 Å². The number of nitriles is 2. The number of hydrogen-bond acceptors (Lipinski definition) is 5. The molecule has 0 aliphatic rings. The fourth-order valence-corrected chi connectivity index (χ4v) is 3.41. The van der Waals surface area contributed by atoms with E-state index < -0.39 is 0 Å². The van der Waals surface area contributed by atoms with Gasteiger partial charge < -0.3 is 4.74 Å². The molecule has 1 heterocycles. The Morgan fingerprint density at radius 1 is 1.32 bits per heavy atom. The molecule has 2 rings (SSSR count). The fraction of sp³-hybridized carbons (Fsp3) is 0.278. The summed E-state index contributed by atoms with van der Waals surface area (Å²) in [6, 6.07) is 10.8. The van der Waals surface area contributed by atoms with Crippen LogP contribution < -0.4 is 14.8 Å². The Morgan fingerprint density at radius 3 is 2.60 bits per heavy atom. The summed E-state index contributed by atoms with van der Waals surface area (Å²) in [4.78, 5) is 12.7. The lowest BCUT2D eigenvalue weighted by Gasteiger charge is -2.02. The smallest absolute Gasteiger partial charge is 0.269 e. The van der Waals surface area contributed by atoms with Crippen LogP contribution >= 0.6 is 22.9 Å². The van der Waals surface area contributed by atoms with Crippen molar-refractivity contribution in [1.82, 2.24) is 4.57 Å². The van der Waals surface area contributed by atoms with Crippen molar-refractivity contribution in [3.8, 4) is 12.1 Å². The highest BCUT2D eigenvalue weighted by atomic mass is 35.5. The van der Waals surface area contributed by atoms with Gasteiger partial charge in [0.2, 0.25) is 0 Å². The minimum Gasteiger partial charge on any atom is -0.382 e. The van der Waals surface area contributed by atoms with Crippen LogP contribution in [0.25, 0.3) is 11.6 Å². The summed E-state index contributed by atoms with van der Waals surface area (Å²) in [5, 5.41) is 18.9. The molecule has 1 aromatic heterocycles. The van der Waals surface area contributed by atoms with Gasteiger partial charge in [0, 0.05) is 24.8 Å². The quantitative estimate of drug-likeness (QED) is 0.725. The molecule has 0 fully saturated rings. The molecule has 5 nitrogen and oxygen atoms in total. The first-order chi connectivity index (χ1) is 12.1. The minimum atomic E-state index is -0.213. The summed E-state index contributed by atoms with van der Waals surface area (Å²) in [7, 11) is 0. The largest absolute Gasteiger partial charge is 0.382 e. The molecule has 0 saturated carbocycles. The highest BCUT2D eigenvalue weighted by molar-refractivity contribution is 7.07. The van der Waals surface area contributed by atoms with Crippen LogP contribution in [0.2, 0.25) is 5.02 Å². The third-order valence-corrected chi connectivity index (χ3v) is 4.77. The topological polar surface area (TPSA) is 78.8 Å². The van der Waals surface area contributed by atoms with Crippen molar-refractivity contribution in [1.29, 1.82) is 10.5 Å². The van der Waals surface area contributed by atoms with Gasteiger partial charge in [-0.15, -0.1) is 11.3 Å². The van der Waals surface area contributed by atoms with Gasteiger partial charge in [-0.3, -0.25) is 9.36 Å². The van der Waals surface area contributed by atoms with Crippen LogP contribution in [0.1, 0.15) is 18.9 Å². The van der Waals surface area contributed by atoms with E-state index in [9.17, 15) is 4.79 Å². The van der Waals surface area contributed by atoms with Crippen molar-refractivity contribution in [2.24, 2.45) is 0 Å². The van der Waals surface area contributed by atoms with Crippen molar-refractivity contribution in [2.75, 3.05) is 13.2 Å². The Kier molecular flexibility index (Phi) is 6.97. The first-order valence-electron chi connectivity index (χ1n) is 7.70. The molecule has 2 aromatic rings. The molecule has 0 aliphatic carbocycles. The fourth-order valence-electron chi connectivity index (χ4n) is 2.21. The predicted octanol–water partition coefficient (Wildman–Crippen LogP) is 2.02. The number of ether oxygens (including phenoxy) is 1. The van der Waals surface area contributed by atoms with E-state index >= 15 is 0 Å². The second-order valence-corrected chi connectivity index (χ2v) is 6.54. The summed E-state index contributed by atoms with van der Waals surface area (Å²) in [5.41, 5.74) is 0.551. The van der Waals surface area contributed by atoms with Crippen molar-refractivity contribution >= 4 is 34.6 Å². The first-order valence-corrected chi connectivity index (χ1v) is 8.89. The van der Waals surface area contributed by atoms with E-state index in [-0.39, 0.29) is 11.1 Å². The van der Waals surface area contributed by atoms with E-state index in [1.165, 1.54) is 4.57 Å². The lowest BCUT2D eigenvalue weighted by Crippen LogP contribution is -2.32. The molecule has 7 heteroatoms. The second-order valence-electron chi connectivity index (χ2n) is 5.07. The van der Waals surface area contributed by atoms with Gasteiger partial charge in [-0.25, -0.2) is 0 Å². The number of thiazole rings is 1. The van der Waals surface area contributed by atoms with Gasteiger partial charge in [0.25, 0.3) is 5.56 Å². The Bertz CT molecular complexity index is 975. The SMILES string of the molecule is CCOCCCn1c(=C(C#N)C#N)s/c(=C/c2ccc(Cl)cc2)c1=O. The second kappa shape index (κ2) is 9.19. The average molecular weight is 374 g/mol. The van der Waals surface area contributed by atoms with Crippen molar-refractivity contribution in [3.05, 3.63) is 54.4 Å². The summed E-state index contributed by atoms with van der Waals surface area (Å²) in [6.45, 7) is 3.42. The highest BCUT2D eigenvalue weighted by Gasteiger charge is 2.09. The van der Waals surface area contributed by atoms with Crippen LogP contribution in [0.3, 0.4) is 0 Å². The number of aromatic nitrogens is 1. The molecular weight excluding hydrogens is 358 g/mol. The molecule has 25 heavy (non-hydrogen) atoms. The maximum atomic E-state index is 12.7. The molecule has 0 radical (unpaired) electrons. The summed E-state index contributed by atoms with van der Waals surface area (Å²) < 4.78 is 7.62. The third-order valence-electron chi connectivity index (χ3n) is 3.39. The number of nitrogens with zero attached hydrogens (tertiary/aromatic N) is 3. The van der Waals surface area contributed by atoms with Crippen molar-refractivity contribution in [2.45, 2.75) is 19.9 Å². The number of rotatable bonds is 6. The molecule has 0 spiro atoms. The molecule has 0 unspecified atom stereocenters. The van der Waals surface area contributed by atoms with E-state index in [1.807, 2.05) is 19.1 Å². The Labute approximate surface area is 154 Å². The van der Waals surface area contributed by atoms with Crippen LogP contribution in [0.4, 0.5) is 0 Å². The lowest BCUT2D eigenvalue weighted by molar-refractivity contribution is 0.141. The van der Waals surface area contributed by atoms with Gasteiger partial charge in [-0.05, 0) is 37.1 Å². The zero-order valence-electron chi connectivity index (χ0n) is 13.7. The summed E-state index contributed by atoms with van der Waals surface area (Å²) >= 11 is 7.02. The predicted molar refractivity (Wildman–Crippen MR) is 98.6 cm³/mol. The van der Waals surface area contributed by atoms with Gasteiger partial charge in [0.05, 0.1) is 4.53 Å². The maximum Gasteiger partial charge on any atom is 0.269 e. The molecule has 0 bridgehead atoms. The Balaban J connectivity index is 2.55. The van der Waals surface area contributed by atoms with Gasteiger partial charge in [0.1, 0.15) is 16.8 Å². The van der Waals surface area contributed by atoms with E-state index in [2.05, 4.69) is 0 Å². The van der Waals surface area contributed by atoms with Crippen LogP contribution in [0, 0.1) is 22.7 Å². The monoisotopic (exact) mass is 373 g/mol. The van der Waals surface area contributed by atoms with Crippen molar-refractivity contribution < 1.29 is 4.74 Å². The first kappa shape index (κ1) is 19.0. The number of benzene rings is 1. The number of hydrogen-bond donors (Lipinski definition) is 0. The molecule has 0 atom stereocenters. The van der Waals surface area contributed by atoms with Crippen LogP contribution in [-0.4, -0.2) is 17.8 Å². The van der Waals surface area contributed by atoms with Crippen molar-refractivity contribution in [3.63, 3.8) is 0 Å². The number of halogens is 1. The molecule has 0 saturated heterocycles. The maximum absolute atomic E-state index is 12.7. The van der Waals surface area contributed by atoms with Crippen LogP contribution in [0.5, 0.6) is 0 Å². The van der Waals surface area contributed by atoms with E-state index in [0.29, 0.717) is 40.4 Å². The molecule has 128 valence electrons. The van der Waals surface area contributed by atoms with Gasteiger partial charge in [-0.2, -0.15) is 10.5 Å². The average Bonchev–Trinajstić information content (AvgIpc) is 2.91. The van der Waals surface area contributed by atoms with Crippen LogP contribution in [0.15, 0.2) is 29.1 Å². The molecule has 0 aliphatic heterocycles. The van der Waals surface area contributed by atoms with Crippen LogP contribution in [-0.2, 0) is 11.3 Å². The molecule has 0 amide bonds. The zero-order chi connectivity index (χ0) is 18.2. The van der Waals surface area contributed by atoms with Gasteiger partial charge in [0.15, 0.2) is 5.57 Å². The Hall–Kier alpha value is -2.38. The van der Waals surface area contributed by atoms with E-state index in [4.69, 9.17) is 26.9 Å².